The summed E-state index contributed by atoms with van der Waals surface area (Å²) < 4.78 is 39.5. The minimum atomic E-state index is -3.93. The molecule has 1 fully saturated rings. The largest absolute Gasteiger partial charge is 0.396 e. The van der Waals surface area contributed by atoms with Crippen molar-refractivity contribution >= 4 is 27.3 Å². The molecule has 0 radical (unpaired) electrons. The van der Waals surface area contributed by atoms with Crippen molar-refractivity contribution in [3.8, 4) is 0 Å². The van der Waals surface area contributed by atoms with Gasteiger partial charge in [-0.3, -0.25) is 0 Å². The number of nitrogens with two attached hydrogens (primary N) is 1. The summed E-state index contributed by atoms with van der Waals surface area (Å²) in [6.45, 7) is -0.291. The number of benzene rings is 1. The number of anilines is 1. The molecular formula is C10H12ClFN2O3S. The van der Waals surface area contributed by atoms with Crippen LogP contribution in [-0.4, -0.2) is 25.7 Å². The number of nitrogen functional groups attached to an aromatic ring is 1. The smallest absolute Gasteiger partial charge is 0.242 e. The number of halogens is 2. The standard InChI is InChI=1S/C10H12ClFN2O3S/c11-6-3-7(12)8(13)4-9(6)18(16,17)14-10(5-15)1-2-10/h3-4,14-15H,1-2,5,13H2. The van der Waals surface area contributed by atoms with E-state index in [-0.39, 0.29) is 22.2 Å². The Morgan fingerprint density at radius 1 is 1.50 bits per heavy atom. The van der Waals surface area contributed by atoms with E-state index >= 15 is 0 Å². The lowest BCUT2D eigenvalue weighted by molar-refractivity contribution is 0.246. The van der Waals surface area contributed by atoms with Crippen LogP contribution in [0.2, 0.25) is 5.02 Å². The zero-order valence-electron chi connectivity index (χ0n) is 9.28. The molecule has 2 rings (SSSR count). The maximum Gasteiger partial charge on any atom is 0.242 e. The third kappa shape index (κ3) is 2.44. The summed E-state index contributed by atoms with van der Waals surface area (Å²) in [7, 11) is -3.93. The molecular weight excluding hydrogens is 283 g/mol. The quantitative estimate of drug-likeness (QED) is 0.718. The highest BCUT2D eigenvalue weighted by Gasteiger charge is 2.46. The van der Waals surface area contributed by atoms with Crippen LogP contribution in [0, 0.1) is 5.82 Å². The lowest BCUT2D eigenvalue weighted by Crippen LogP contribution is -2.39. The predicted octanol–water partition coefficient (Wildman–Crippen LogP) is 0.865. The van der Waals surface area contributed by atoms with Crippen LogP contribution in [0.1, 0.15) is 12.8 Å². The van der Waals surface area contributed by atoms with Crippen LogP contribution in [0.3, 0.4) is 0 Å². The molecule has 0 atom stereocenters. The Morgan fingerprint density at radius 2 is 2.11 bits per heavy atom. The van der Waals surface area contributed by atoms with Crippen LogP contribution in [0.5, 0.6) is 0 Å². The Hall–Kier alpha value is -0.890. The summed E-state index contributed by atoms with van der Waals surface area (Å²) in [5.41, 5.74) is 4.21. The summed E-state index contributed by atoms with van der Waals surface area (Å²) in [5.74, 6) is -0.776. The highest BCUT2D eigenvalue weighted by Crippen LogP contribution is 2.37. The second-order valence-electron chi connectivity index (χ2n) is 4.35. The second kappa shape index (κ2) is 4.34. The van der Waals surface area contributed by atoms with Crippen LogP contribution in [0.25, 0.3) is 0 Å². The van der Waals surface area contributed by atoms with Gasteiger partial charge >= 0.3 is 0 Å². The van der Waals surface area contributed by atoms with Gasteiger partial charge in [0, 0.05) is 0 Å². The summed E-state index contributed by atoms with van der Waals surface area (Å²) in [5, 5.41) is 8.84. The first-order valence-electron chi connectivity index (χ1n) is 5.19. The minimum Gasteiger partial charge on any atom is -0.396 e. The number of hydrogen-bond acceptors (Lipinski definition) is 4. The molecule has 1 aliphatic rings. The Balaban J connectivity index is 2.39. The van der Waals surface area contributed by atoms with Gasteiger partial charge in [-0.2, -0.15) is 0 Å². The number of rotatable bonds is 4. The van der Waals surface area contributed by atoms with Gasteiger partial charge in [-0.05, 0) is 25.0 Å². The van der Waals surface area contributed by atoms with Crippen molar-refractivity contribution in [2.75, 3.05) is 12.3 Å². The molecule has 1 aliphatic carbocycles. The fourth-order valence-electron chi connectivity index (χ4n) is 1.53. The Labute approximate surface area is 109 Å². The van der Waals surface area contributed by atoms with Gasteiger partial charge < -0.3 is 10.8 Å². The van der Waals surface area contributed by atoms with Crippen LogP contribution in [0.15, 0.2) is 17.0 Å². The zero-order valence-corrected chi connectivity index (χ0v) is 10.9. The average molecular weight is 295 g/mol. The molecule has 0 saturated heterocycles. The molecule has 0 amide bonds. The van der Waals surface area contributed by atoms with E-state index in [9.17, 15) is 12.8 Å². The molecule has 0 spiro atoms. The van der Waals surface area contributed by atoms with Gasteiger partial charge in [-0.1, -0.05) is 11.6 Å². The lowest BCUT2D eigenvalue weighted by atomic mass is 10.3. The van der Waals surface area contributed by atoms with E-state index in [4.69, 9.17) is 22.4 Å². The number of sulfonamides is 1. The van der Waals surface area contributed by atoms with E-state index in [0.717, 1.165) is 12.1 Å². The van der Waals surface area contributed by atoms with E-state index in [1.165, 1.54) is 0 Å². The highest BCUT2D eigenvalue weighted by molar-refractivity contribution is 7.89. The van der Waals surface area contributed by atoms with Crippen molar-refractivity contribution in [1.29, 1.82) is 0 Å². The maximum atomic E-state index is 13.1. The van der Waals surface area contributed by atoms with E-state index in [1.54, 1.807) is 0 Å². The van der Waals surface area contributed by atoms with Crippen molar-refractivity contribution in [2.24, 2.45) is 0 Å². The fourth-order valence-corrected chi connectivity index (χ4v) is 3.54. The van der Waals surface area contributed by atoms with Crippen LogP contribution in [0.4, 0.5) is 10.1 Å². The molecule has 8 heteroatoms. The molecule has 4 N–H and O–H groups in total. The Kier molecular flexibility index (Phi) is 3.26. The topological polar surface area (TPSA) is 92.4 Å². The van der Waals surface area contributed by atoms with Gasteiger partial charge in [-0.25, -0.2) is 17.5 Å². The Bertz CT molecular complexity index is 587. The minimum absolute atomic E-state index is 0.247. The van der Waals surface area contributed by atoms with Crippen molar-refractivity contribution in [1.82, 2.24) is 4.72 Å². The molecule has 5 nitrogen and oxygen atoms in total. The van der Waals surface area contributed by atoms with E-state index in [2.05, 4.69) is 4.72 Å². The molecule has 0 heterocycles. The molecule has 0 unspecified atom stereocenters. The lowest BCUT2D eigenvalue weighted by Gasteiger charge is -2.15. The number of aliphatic hydroxyl groups excluding tert-OH is 1. The van der Waals surface area contributed by atoms with E-state index in [0.29, 0.717) is 12.8 Å². The predicted molar refractivity (Wildman–Crippen MR) is 65.2 cm³/mol. The summed E-state index contributed by atoms with van der Waals surface area (Å²) in [6.07, 6.45) is 1.11. The van der Waals surface area contributed by atoms with Crippen LogP contribution in [-0.2, 0) is 10.0 Å². The van der Waals surface area contributed by atoms with Gasteiger partial charge in [0.2, 0.25) is 10.0 Å². The molecule has 0 aromatic heterocycles. The van der Waals surface area contributed by atoms with Gasteiger partial charge in [0.05, 0.1) is 22.9 Å². The maximum absolute atomic E-state index is 13.1. The van der Waals surface area contributed by atoms with Gasteiger partial charge in [0.1, 0.15) is 10.7 Å². The van der Waals surface area contributed by atoms with E-state index in [1.807, 2.05) is 0 Å². The third-order valence-electron chi connectivity index (χ3n) is 2.85. The van der Waals surface area contributed by atoms with Crippen molar-refractivity contribution in [3.63, 3.8) is 0 Å². The zero-order chi connectivity index (χ0) is 13.6. The summed E-state index contributed by atoms with van der Waals surface area (Å²) in [6, 6.07) is 1.82. The molecule has 100 valence electrons. The Morgan fingerprint density at radius 3 is 2.61 bits per heavy atom. The SMILES string of the molecule is Nc1cc(S(=O)(=O)NC2(CO)CC2)c(Cl)cc1F. The van der Waals surface area contributed by atoms with Crippen LogP contribution < -0.4 is 10.5 Å². The summed E-state index contributed by atoms with van der Waals surface area (Å²) in [4.78, 5) is -0.289. The normalized spacial score (nSPS) is 17.7. The molecule has 18 heavy (non-hydrogen) atoms. The fraction of sp³-hybridized carbons (Fsp3) is 0.400. The van der Waals surface area contributed by atoms with E-state index < -0.39 is 21.4 Å². The monoisotopic (exact) mass is 294 g/mol. The third-order valence-corrected chi connectivity index (χ3v) is 4.89. The molecule has 1 saturated carbocycles. The van der Waals surface area contributed by atoms with Gasteiger partial charge in [-0.15, -0.1) is 0 Å². The van der Waals surface area contributed by atoms with Crippen molar-refractivity contribution in [2.45, 2.75) is 23.3 Å². The van der Waals surface area contributed by atoms with Gasteiger partial charge in [0.15, 0.2) is 0 Å². The summed E-state index contributed by atoms with van der Waals surface area (Å²) >= 11 is 5.70. The first-order chi connectivity index (χ1) is 8.30. The highest BCUT2D eigenvalue weighted by atomic mass is 35.5. The average Bonchev–Trinajstić information content (AvgIpc) is 3.03. The van der Waals surface area contributed by atoms with Crippen molar-refractivity contribution in [3.05, 3.63) is 23.0 Å². The molecule has 0 bridgehead atoms. The first kappa shape index (κ1) is 13.5. The number of hydrogen-bond donors (Lipinski definition) is 3. The first-order valence-corrected chi connectivity index (χ1v) is 7.05. The molecule has 1 aromatic rings. The van der Waals surface area contributed by atoms with Crippen molar-refractivity contribution < 1.29 is 17.9 Å². The second-order valence-corrected chi connectivity index (χ2v) is 6.41. The van der Waals surface area contributed by atoms with Crippen LogP contribution >= 0.6 is 11.6 Å². The van der Waals surface area contributed by atoms with Gasteiger partial charge in [0.25, 0.3) is 0 Å². The molecule has 0 aliphatic heterocycles. The molecule has 1 aromatic carbocycles. The number of nitrogens with one attached hydrogen (secondary N) is 1. The number of aliphatic hydroxyl groups is 1.